The molecule has 0 N–H and O–H groups in total. The van der Waals surface area contributed by atoms with Crippen LogP contribution in [-0.2, 0) is 4.74 Å². The fraction of sp³-hybridized carbons (Fsp3) is 0.222. The SMILES string of the molecule is CC1(C)C(c2ccc(F)cc2)OC(=O)N1c1cccc(C#N)c1. The Hall–Kier alpha value is -2.87. The summed E-state index contributed by atoms with van der Waals surface area (Å²) in [6, 6.07) is 14.8. The average Bonchev–Trinajstić information content (AvgIpc) is 2.77. The summed E-state index contributed by atoms with van der Waals surface area (Å²) in [5, 5.41) is 9.04. The molecule has 1 atom stereocenters. The molecule has 2 aromatic carbocycles. The lowest BCUT2D eigenvalue weighted by Gasteiger charge is -2.32. The maximum Gasteiger partial charge on any atom is 0.415 e. The number of nitrogens with zero attached hydrogens (tertiary/aromatic N) is 2. The van der Waals surface area contributed by atoms with Crippen LogP contribution in [0.1, 0.15) is 31.1 Å². The molecular formula is C18H15FN2O2. The summed E-state index contributed by atoms with van der Waals surface area (Å²) in [7, 11) is 0. The van der Waals surface area contributed by atoms with Crippen LogP contribution in [0.25, 0.3) is 0 Å². The van der Waals surface area contributed by atoms with Crippen LogP contribution in [0.5, 0.6) is 0 Å². The van der Waals surface area contributed by atoms with Gasteiger partial charge in [0.1, 0.15) is 5.82 Å². The Morgan fingerprint density at radius 1 is 1.22 bits per heavy atom. The average molecular weight is 310 g/mol. The molecule has 1 amide bonds. The van der Waals surface area contributed by atoms with Gasteiger partial charge in [0, 0.05) is 5.69 Å². The fourth-order valence-electron chi connectivity index (χ4n) is 2.92. The number of carbonyl (C=O) groups is 1. The van der Waals surface area contributed by atoms with Gasteiger partial charge < -0.3 is 4.74 Å². The first-order valence-corrected chi connectivity index (χ1v) is 7.20. The Bertz CT molecular complexity index is 793. The van der Waals surface area contributed by atoms with Crippen LogP contribution >= 0.6 is 0 Å². The van der Waals surface area contributed by atoms with E-state index in [1.165, 1.54) is 17.0 Å². The lowest BCUT2D eigenvalue weighted by atomic mass is 9.90. The molecule has 1 fully saturated rings. The molecule has 0 saturated carbocycles. The number of halogens is 1. The smallest absolute Gasteiger partial charge is 0.415 e. The number of benzene rings is 2. The van der Waals surface area contributed by atoms with Gasteiger partial charge >= 0.3 is 6.09 Å². The summed E-state index contributed by atoms with van der Waals surface area (Å²) in [6.45, 7) is 3.76. The molecule has 1 unspecified atom stereocenters. The molecule has 5 heteroatoms. The minimum absolute atomic E-state index is 0.338. The van der Waals surface area contributed by atoms with E-state index >= 15 is 0 Å². The van der Waals surface area contributed by atoms with Gasteiger partial charge in [0.25, 0.3) is 0 Å². The zero-order valence-corrected chi connectivity index (χ0v) is 12.8. The first kappa shape index (κ1) is 15.0. The Morgan fingerprint density at radius 2 is 1.91 bits per heavy atom. The lowest BCUT2D eigenvalue weighted by molar-refractivity contribution is 0.118. The van der Waals surface area contributed by atoms with Gasteiger partial charge in [-0.1, -0.05) is 18.2 Å². The normalized spacial score (nSPS) is 19.3. The number of amides is 1. The van der Waals surface area contributed by atoms with E-state index in [-0.39, 0.29) is 5.82 Å². The molecule has 0 bridgehead atoms. The van der Waals surface area contributed by atoms with E-state index in [1.54, 1.807) is 36.4 Å². The number of hydrogen-bond acceptors (Lipinski definition) is 3. The summed E-state index contributed by atoms with van der Waals surface area (Å²) >= 11 is 0. The van der Waals surface area contributed by atoms with Gasteiger partial charge in [0.15, 0.2) is 6.10 Å². The van der Waals surface area contributed by atoms with Crippen molar-refractivity contribution >= 4 is 11.8 Å². The van der Waals surface area contributed by atoms with Gasteiger partial charge in [-0.15, -0.1) is 0 Å². The summed E-state index contributed by atoms with van der Waals surface area (Å²) in [4.78, 5) is 13.9. The number of ether oxygens (including phenoxy) is 1. The van der Waals surface area contributed by atoms with E-state index in [2.05, 4.69) is 6.07 Å². The first-order valence-electron chi connectivity index (χ1n) is 7.20. The predicted molar refractivity (Wildman–Crippen MR) is 83.3 cm³/mol. The second-order valence-corrected chi connectivity index (χ2v) is 5.97. The summed E-state index contributed by atoms with van der Waals surface area (Å²) in [5.74, 6) is -0.338. The van der Waals surface area contributed by atoms with E-state index in [1.807, 2.05) is 13.8 Å². The van der Waals surface area contributed by atoms with Crippen molar-refractivity contribution in [1.82, 2.24) is 0 Å². The number of carbonyl (C=O) groups excluding carboxylic acids is 1. The zero-order chi connectivity index (χ0) is 16.6. The van der Waals surface area contributed by atoms with Crippen molar-refractivity contribution in [2.45, 2.75) is 25.5 Å². The number of hydrogen-bond donors (Lipinski definition) is 0. The fourth-order valence-corrected chi connectivity index (χ4v) is 2.92. The number of anilines is 1. The van der Waals surface area contributed by atoms with Crippen LogP contribution in [0.4, 0.5) is 14.9 Å². The van der Waals surface area contributed by atoms with Crippen molar-refractivity contribution in [1.29, 1.82) is 5.26 Å². The monoisotopic (exact) mass is 310 g/mol. The third kappa shape index (κ3) is 2.53. The van der Waals surface area contributed by atoms with Gasteiger partial charge in [0.2, 0.25) is 0 Å². The van der Waals surface area contributed by atoms with Crippen molar-refractivity contribution in [3.05, 3.63) is 65.5 Å². The van der Waals surface area contributed by atoms with Crippen molar-refractivity contribution in [2.24, 2.45) is 0 Å². The second-order valence-electron chi connectivity index (χ2n) is 5.97. The van der Waals surface area contributed by atoms with Gasteiger partial charge in [0.05, 0.1) is 17.2 Å². The minimum Gasteiger partial charge on any atom is -0.438 e. The van der Waals surface area contributed by atoms with Crippen molar-refractivity contribution in [2.75, 3.05) is 4.90 Å². The molecule has 1 heterocycles. The highest BCUT2D eigenvalue weighted by molar-refractivity contribution is 5.92. The van der Waals surface area contributed by atoms with E-state index in [0.717, 1.165) is 5.56 Å². The van der Waals surface area contributed by atoms with E-state index in [4.69, 9.17) is 10.00 Å². The summed E-state index contributed by atoms with van der Waals surface area (Å²) in [6.07, 6.45) is -1.01. The van der Waals surface area contributed by atoms with E-state index in [0.29, 0.717) is 11.3 Å². The Morgan fingerprint density at radius 3 is 2.57 bits per heavy atom. The molecular weight excluding hydrogens is 295 g/mol. The van der Waals surface area contributed by atoms with Crippen molar-refractivity contribution in [3.63, 3.8) is 0 Å². The Balaban J connectivity index is 2.01. The summed E-state index contributed by atoms with van der Waals surface area (Å²) < 4.78 is 18.6. The molecule has 1 aliphatic rings. The van der Waals surface area contributed by atoms with Gasteiger partial charge in [-0.3, -0.25) is 4.90 Å². The second kappa shape index (κ2) is 5.40. The van der Waals surface area contributed by atoms with Crippen LogP contribution in [0.2, 0.25) is 0 Å². The first-order chi connectivity index (χ1) is 10.9. The largest absolute Gasteiger partial charge is 0.438 e. The molecule has 2 aromatic rings. The van der Waals surface area contributed by atoms with Crippen LogP contribution in [0, 0.1) is 17.1 Å². The highest BCUT2D eigenvalue weighted by Crippen LogP contribution is 2.43. The molecule has 4 nitrogen and oxygen atoms in total. The van der Waals surface area contributed by atoms with E-state index in [9.17, 15) is 9.18 Å². The number of nitriles is 1. The zero-order valence-electron chi connectivity index (χ0n) is 12.8. The topological polar surface area (TPSA) is 53.3 Å². The third-order valence-corrected chi connectivity index (χ3v) is 4.03. The Labute approximate surface area is 133 Å². The third-order valence-electron chi connectivity index (χ3n) is 4.03. The highest BCUT2D eigenvalue weighted by Gasteiger charge is 2.50. The standard InChI is InChI=1S/C18H15FN2O2/c1-18(2)16(13-6-8-14(19)9-7-13)23-17(22)21(18)15-5-3-4-12(10-15)11-20/h3-10,16H,1-2H3. The minimum atomic E-state index is -0.678. The van der Waals surface area contributed by atoms with Crippen LogP contribution in [0.3, 0.4) is 0 Å². The molecule has 1 aliphatic heterocycles. The summed E-state index contributed by atoms with van der Waals surface area (Å²) in [5.41, 5.74) is 1.12. The molecule has 0 aliphatic carbocycles. The Kier molecular flexibility index (Phi) is 3.53. The van der Waals surface area contributed by atoms with Crippen LogP contribution in [0.15, 0.2) is 48.5 Å². The maximum atomic E-state index is 13.1. The lowest BCUT2D eigenvalue weighted by Crippen LogP contribution is -2.43. The molecule has 3 rings (SSSR count). The molecule has 0 aromatic heterocycles. The molecule has 1 saturated heterocycles. The molecule has 0 radical (unpaired) electrons. The molecule has 0 spiro atoms. The van der Waals surface area contributed by atoms with Crippen LogP contribution < -0.4 is 4.90 Å². The van der Waals surface area contributed by atoms with Crippen LogP contribution in [-0.4, -0.2) is 11.6 Å². The molecule has 116 valence electrons. The number of rotatable bonds is 2. The van der Waals surface area contributed by atoms with Gasteiger partial charge in [-0.2, -0.15) is 5.26 Å². The van der Waals surface area contributed by atoms with Gasteiger partial charge in [-0.25, -0.2) is 9.18 Å². The maximum absolute atomic E-state index is 13.1. The highest BCUT2D eigenvalue weighted by atomic mass is 19.1. The van der Waals surface area contributed by atoms with Crippen molar-refractivity contribution < 1.29 is 13.9 Å². The predicted octanol–water partition coefficient (Wildman–Crippen LogP) is 4.17. The van der Waals surface area contributed by atoms with Gasteiger partial charge in [-0.05, 0) is 49.7 Å². The van der Waals surface area contributed by atoms with Crippen molar-refractivity contribution in [3.8, 4) is 6.07 Å². The van der Waals surface area contributed by atoms with E-state index < -0.39 is 17.7 Å². The number of cyclic esters (lactones) is 1. The molecule has 23 heavy (non-hydrogen) atoms. The quantitative estimate of drug-likeness (QED) is 0.836.